The number of halogens is 4. The standard InChI is InChI=1S/C23H24FN3O.C2HF3O2/c1-28-18-9-7-15-6-8-17(12-16(15)13-18)27-11-10-21-22(14-27)26-23(25-21)19-4-2-3-5-20(19)24;3-2(4,5)1(6)7/h2-5,7,9,13,17H,6,8,10-12,14H2,1H3,(H,25,26);(H,6,7). The number of carboxylic acid groups (broad SMARTS) is 1. The summed E-state index contributed by atoms with van der Waals surface area (Å²) in [6.45, 7) is 1.85. The Morgan fingerprint density at radius 1 is 1.17 bits per heavy atom. The second kappa shape index (κ2) is 10.1. The molecule has 0 bridgehead atoms. The van der Waals surface area contributed by atoms with Crippen molar-refractivity contribution in [2.24, 2.45) is 0 Å². The van der Waals surface area contributed by atoms with Crippen LogP contribution >= 0.6 is 0 Å². The Labute approximate surface area is 199 Å². The summed E-state index contributed by atoms with van der Waals surface area (Å²) in [5.41, 5.74) is 5.59. The number of aromatic amines is 1. The van der Waals surface area contributed by atoms with E-state index in [1.165, 1.54) is 23.6 Å². The fraction of sp³-hybridized carbons (Fsp3) is 0.360. The van der Waals surface area contributed by atoms with Crippen molar-refractivity contribution in [3.63, 3.8) is 0 Å². The molecule has 2 heterocycles. The highest BCUT2D eigenvalue weighted by atomic mass is 19.4. The van der Waals surface area contributed by atoms with Crippen LogP contribution in [0.5, 0.6) is 5.75 Å². The van der Waals surface area contributed by atoms with Crippen LogP contribution in [0.4, 0.5) is 17.6 Å². The van der Waals surface area contributed by atoms with Gasteiger partial charge in [0.2, 0.25) is 0 Å². The van der Waals surface area contributed by atoms with Crippen LogP contribution in [0.2, 0.25) is 0 Å². The molecule has 0 radical (unpaired) electrons. The van der Waals surface area contributed by atoms with Gasteiger partial charge in [0.25, 0.3) is 0 Å². The van der Waals surface area contributed by atoms with Gasteiger partial charge < -0.3 is 14.8 Å². The van der Waals surface area contributed by atoms with Gasteiger partial charge in [-0.2, -0.15) is 13.2 Å². The van der Waals surface area contributed by atoms with Crippen molar-refractivity contribution in [1.82, 2.24) is 14.9 Å². The van der Waals surface area contributed by atoms with E-state index in [0.29, 0.717) is 17.4 Å². The molecule has 2 aromatic carbocycles. The number of rotatable bonds is 3. The van der Waals surface area contributed by atoms with Crippen molar-refractivity contribution < 1.29 is 32.2 Å². The van der Waals surface area contributed by atoms with Gasteiger partial charge in [-0.3, -0.25) is 4.90 Å². The maximum Gasteiger partial charge on any atom is 0.490 e. The maximum absolute atomic E-state index is 14.1. The summed E-state index contributed by atoms with van der Waals surface area (Å²) >= 11 is 0. The van der Waals surface area contributed by atoms with Crippen molar-refractivity contribution in [2.75, 3.05) is 13.7 Å². The Balaban J connectivity index is 0.000000364. The molecule has 5 rings (SSSR count). The van der Waals surface area contributed by atoms with E-state index in [9.17, 15) is 17.6 Å². The molecule has 6 nitrogen and oxygen atoms in total. The lowest BCUT2D eigenvalue weighted by Gasteiger charge is -2.37. The summed E-state index contributed by atoms with van der Waals surface area (Å²) < 4.78 is 51.3. The lowest BCUT2D eigenvalue weighted by atomic mass is 9.86. The van der Waals surface area contributed by atoms with Crippen LogP contribution in [0.3, 0.4) is 0 Å². The lowest BCUT2D eigenvalue weighted by molar-refractivity contribution is -0.192. The monoisotopic (exact) mass is 491 g/mol. The third-order valence-corrected chi connectivity index (χ3v) is 6.37. The number of benzene rings is 2. The van der Waals surface area contributed by atoms with Gasteiger partial charge in [0.05, 0.1) is 24.1 Å². The number of nitrogens with zero attached hydrogens (tertiary/aromatic N) is 2. The first-order valence-electron chi connectivity index (χ1n) is 11.2. The number of carboxylic acids is 1. The predicted octanol–water partition coefficient (Wildman–Crippen LogP) is 4.77. The summed E-state index contributed by atoms with van der Waals surface area (Å²) in [6, 6.07) is 13.8. The number of aliphatic carboxylic acids is 1. The first-order chi connectivity index (χ1) is 16.7. The van der Waals surface area contributed by atoms with Gasteiger partial charge >= 0.3 is 12.1 Å². The van der Waals surface area contributed by atoms with Crippen molar-refractivity contribution >= 4 is 5.97 Å². The average Bonchev–Trinajstić information content (AvgIpc) is 3.26. The minimum Gasteiger partial charge on any atom is -0.497 e. The van der Waals surface area contributed by atoms with Gasteiger partial charge in [0.1, 0.15) is 17.4 Å². The van der Waals surface area contributed by atoms with E-state index in [2.05, 4.69) is 33.1 Å². The highest BCUT2D eigenvalue weighted by Gasteiger charge is 2.38. The van der Waals surface area contributed by atoms with E-state index >= 15 is 0 Å². The molecule has 0 amide bonds. The molecule has 1 unspecified atom stereocenters. The van der Waals surface area contributed by atoms with Crippen molar-refractivity contribution in [1.29, 1.82) is 0 Å². The third-order valence-electron chi connectivity index (χ3n) is 6.37. The smallest absolute Gasteiger partial charge is 0.490 e. The van der Waals surface area contributed by atoms with Crippen LogP contribution in [0.1, 0.15) is 28.9 Å². The zero-order chi connectivity index (χ0) is 25.2. The molecular weight excluding hydrogens is 466 g/mol. The number of hydrogen-bond donors (Lipinski definition) is 2. The summed E-state index contributed by atoms with van der Waals surface area (Å²) in [6.07, 6.45) is -0.850. The highest BCUT2D eigenvalue weighted by molar-refractivity contribution is 5.73. The number of carbonyl (C=O) groups is 1. The van der Waals surface area contributed by atoms with Gasteiger partial charge in [-0.05, 0) is 54.7 Å². The Morgan fingerprint density at radius 2 is 1.91 bits per heavy atom. The molecule has 2 N–H and O–H groups in total. The lowest BCUT2D eigenvalue weighted by Crippen LogP contribution is -2.42. The number of methoxy groups -OCH3 is 1. The molecule has 10 heteroatoms. The molecule has 2 aliphatic rings. The largest absolute Gasteiger partial charge is 0.497 e. The maximum atomic E-state index is 14.1. The number of hydrogen-bond acceptors (Lipinski definition) is 4. The summed E-state index contributed by atoms with van der Waals surface area (Å²) in [5, 5.41) is 7.12. The van der Waals surface area contributed by atoms with Gasteiger partial charge in [-0.1, -0.05) is 18.2 Å². The molecule has 1 aliphatic heterocycles. The van der Waals surface area contributed by atoms with Crippen LogP contribution < -0.4 is 4.74 Å². The van der Waals surface area contributed by atoms with E-state index < -0.39 is 12.1 Å². The van der Waals surface area contributed by atoms with Crippen LogP contribution in [0.15, 0.2) is 42.5 Å². The van der Waals surface area contributed by atoms with Crippen molar-refractivity contribution in [2.45, 2.75) is 44.4 Å². The third kappa shape index (κ3) is 5.64. The first kappa shape index (κ1) is 24.7. The Bertz CT molecular complexity index is 1210. The van der Waals surface area contributed by atoms with E-state index in [0.717, 1.165) is 49.5 Å². The fourth-order valence-electron chi connectivity index (χ4n) is 4.56. The molecule has 35 heavy (non-hydrogen) atoms. The molecule has 186 valence electrons. The van der Waals surface area contributed by atoms with Gasteiger partial charge in [-0.25, -0.2) is 14.2 Å². The first-order valence-corrected chi connectivity index (χ1v) is 11.2. The normalized spacial score (nSPS) is 17.6. The zero-order valence-corrected chi connectivity index (χ0v) is 19.0. The van der Waals surface area contributed by atoms with Crippen molar-refractivity contribution in [3.05, 3.63) is 70.8 Å². The number of alkyl halides is 3. The number of aromatic nitrogens is 2. The summed E-state index contributed by atoms with van der Waals surface area (Å²) in [4.78, 5) is 19.5. The number of H-pyrrole nitrogens is 1. The molecule has 0 saturated heterocycles. The SMILES string of the molecule is COc1ccc2c(c1)CC(N1CCc3nc(-c4ccccc4F)[nH]c3C1)CC2.O=C(O)C(F)(F)F. The van der Waals surface area contributed by atoms with Gasteiger partial charge in [0, 0.05) is 25.6 Å². The van der Waals surface area contributed by atoms with Gasteiger partial charge in [-0.15, -0.1) is 0 Å². The molecule has 0 spiro atoms. The topological polar surface area (TPSA) is 78.5 Å². The predicted molar refractivity (Wildman–Crippen MR) is 121 cm³/mol. The molecular formula is C25H25F4N3O3. The minimum atomic E-state index is -5.08. The minimum absolute atomic E-state index is 0.233. The van der Waals surface area contributed by atoms with Crippen LogP contribution in [-0.2, 0) is 30.6 Å². The highest BCUT2D eigenvalue weighted by Crippen LogP contribution is 2.31. The molecule has 0 fully saturated rings. The Hall–Kier alpha value is -3.40. The number of aryl methyl sites for hydroxylation is 1. The van der Waals surface area contributed by atoms with E-state index in [4.69, 9.17) is 14.6 Å². The molecule has 0 saturated carbocycles. The number of fused-ring (bicyclic) bond motifs is 2. The molecule has 1 aliphatic carbocycles. The second-order valence-electron chi connectivity index (χ2n) is 8.55. The molecule has 3 aromatic rings. The second-order valence-corrected chi connectivity index (χ2v) is 8.55. The van der Waals surface area contributed by atoms with E-state index in [-0.39, 0.29) is 5.82 Å². The number of imidazole rings is 1. The molecule has 1 atom stereocenters. The van der Waals surface area contributed by atoms with Crippen LogP contribution in [-0.4, -0.2) is 51.8 Å². The summed E-state index contributed by atoms with van der Waals surface area (Å²) in [7, 11) is 1.72. The van der Waals surface area contributed by atoms with Crippen LogP contribution in [0, 0.1) is 5.82 Å². The Morgan fingerprint density at radius 3 is 2.60 bits per heavy atom. The molecule has 1 aromatic heterocycles. The van der Waals surface area contributed by atoms with Crippen molar-refractivity contribution in [3.8, 4) is 17.1 Å². The van der Waals surface area contributed by atoms with E-state index in [1.54, 1.807) is 19.2 Å². The average molecular weight is 491 g/mol. The Kier molecular flexibility index (Phi) is 7.11. The number of ether oxygens (including phenoxy) is 1. The van der Waals surface area contributed by atoms with Crippen LogP contribution in [0.25, 0.3) is 11.4 Å². The quantitative estimate of drug-likeness (QED) is 0.516. The summed E-state index contributed by atoms with van der Waals surface area (Å²) in [5.74, 6) is -1.41. The fourth-order valence-corrected chi connectivity index (χ4v) is 4.56. The van der Waals surface area contributed by atoms with Gasteiger partial charge in [0.15, 0.2) is 0 Å². The number of nitrogens with one attached hydrogen (secondary N) is 1. The van der Waals surface area contributed by atoms with E-state index in [1.807, 2.05) is 6.07 Å². The zero-order valence-electron chi connectivity index (χ0n) is 19.0.